The molecule has 108 valence electrons. The second-order valence-electron chi connectivity index (χ2n) is 4.42. The summed E-state index contributed by atoms with van der Waals surface area (Å²) in [5.41, 5.74) is 0. The summed E-state index contributed by atoms with van der Waals surface area (Å²) < 4.78 is 39.1. The van der Waals surface area contributed by atoms with Gasteiger partial charge < -0.3 is 5.32 Å². The summed E-state index contributed by atoms with van der Waals surface area (Å²) in [5.74, 6) is -0.527. The molecule has 1 N–H and O–H groups in total. The summed E-state index contributed by atoms with van der Waals surface area (Å²) in [4.78, 5) is 0.0328. The van der Waals surface area contributed by atoms with E-state index in [0.29, 0.717) is 19.1 Å². The van der Waals surface area contributed by atoms with Crippen molar-refractivity contribution < 1.29 is 12.8 Å². The molecule has 0 atom stereocenters. The molecule has 4 nitrogen and oxygen atoms in total. The van der Waals surface area contributed by atoms with Gasteiger partial charge in [0.2, 0.25) is 10.0 Å². The van der Waals surface area contributed by atoms with Gasteiger partial charge in [0.1, 0.15) is 5.82 Å². The number of halogens is 2. The topological polar surface area (TPSA) is 49.4 Å². The zero-order valence-electron chi connectivity index (χ0n) is 10.7. The van der Waals surface area contributed by atoms with Crippen LogP contribution in [0.25, 0.3) is 0 Å². The first-order valence-electron chi connectivity index (χ1n) is 5.97. The Balaban J connectivity index is 0.00000180. The first-order chi connectivity index (χ1) is 8.54. The molecule has 0 amide bonds. The van der Waals surface area contributed by atoms with Gasteiger partial charge in [0.15, 0.2) is 0 Å². The quantitative estimate of drug-likeness (QED) is 0.923. The van der Waals surface area contributed by atoms with Crippen molar-refractivity contribution in [3.05, 3.63) is 30.1 Å². The van der Waals surface area contributed by atoms with Crippen LogP contribution < -0.4 is 5.32 Å². The van der Waals surface area contributed by atoms with Gasteiger partial charge in [-0.1, -0.05) is 6.07 Å². The summed E-state index contributed by atoms with van der Waals surface area (Å²) in [7, 11) is -1.67. The van der Waals surface area contributed by atoms with Gasteiger partial charge in [-0.2, -0.15) is 4.31 Å². The number of nitrogens with zero attached hydrogens (tertiary/aromatic N) is 1. The summed E-state index contributed by atoms with van der Waals surface area (Å²) in [6, 6.07) is 5.53. The maximum atomic E-state index is 13.1. The standard InChI is InChI=1S/C12H17FN2O2S.ClH/c1-14-11-5-7-15(8-6-11)18(16,17)12-4-2-3-10(13)9-12;/h2-4,9,11,14H,5-8H2,1H3;1H. The molecule has 1 saturated heterocycles. The van der Waals surface area contributed by atoms with Crippen molar-refractivity contribution in [3.63, 3.8) is 0 Å². The predicted octanol–water partition coefficient (Wildman–Crippen LogP) is 1.62. The third-order valence-corrected chi connectivity index (χ3v) is 5.19. The molecule has 0 bridgehead atoms. The Bertz CT molecular complexity index is 516. The zero-order chi connectivity index (χ0) is 13.2. The van der Waals surface area contributed by atoms with Crippen LogP contribution in [0.1, 0.15) is 12.8 Å². The number of rotatable bonds is 3. The van der Waals surface area contributed by atoms with Crippen LogP contribution in [0.15, 0.2) is 29.2 Å². The fourth-order valence-corrected chi connectivity index (χ4v) is 3.66. The van der Waals surface area contributed by atoms with Crippen LogP contribution >= 0.6 is 12.4 Å². The molecule has 19 heavy (non-hydrogen) atoms. The minimum absolute atomic E-state index is 0. The van der Waals surface area contributed by atoms with Gasteiger partial charge >= 0.3 is 0 Å². The average molecular weight is 309 g/mol. The molecule has 1 fully saturated rings. The minimum Gasteiger partial charge on any atom is -0.317 e. The molecule has 7 heteroatoms. The van der Waals surface area contributed by atoms with Gasteiger partial charge in [-0.25, -0.2) is 12.8 Å². The summed E-state index contributed by atoms with van der Waals surface area (Å²) in [6.45, 7) is 0.953. The molecule has 2 rings (SSSR count). The molecular formula is C12H18ClFN2O2S. The van der Waals surface area contributed by atoms with Crippen LogP contribution in [-0.2, 0) is 10.0 Å². The zero-order valence-corrected chi connectivity index (χ0v) is 12.3. The number of hydrogen-bond acceptors (Lipinski definition) is 3. The number of sulfonamides is 1. The van der Waals surface area contributed by atoms with Gasteiger partial charge in [-0.15, -0.1) is 12.4 Å². The average Bonchev–Trinajstić information content (AvgIpc) is 2.39. The molecule has 0 aromatic heterocycles. The Morgan fingerprint density at radius 3 is 2.47 bits per heavy atom. The number of piperidine rings is 1. The number of nitrogens with one attached hydrogen (secondary N) is 1. The van der Waals surface area contributed by atoms with E-state index in [4.69, 9.17) is 0 Å². The lowest BCUT2D eigenvalue weighted by Gasteiger charge is -2.30. The van der Waals surface area contributed by atoms with Gasteiger partial charge in [0, 0.05) is 19.1 Å². The van der Waals surface area contributed by atoms with E-state index in [0.717, 1.165) is 18.9 Å². The lowest BCUT2D eigenvalue weighted by atomic mass is 10.1. The Labute approximate surface area is 119 Å². The Morgan fingerprint density at radius 2 is 1.95 bits per heavy atom. The summed E-state index contributed by atoms with van der Waals surface area (Å²) >= 11 is 0. The molecule has 0 unspecified atom stereocenters. The van der Waals surface area contributed by atoms with Crippen molar-refractivity contribution >= 4 is 22.4 Å². The van der Waals surface area contributed by atoms with Gasteiger partial charge in [0.05, 0.1) is 4.90 Å². The molecule has 1 heterocycles. The second kappa shape index (κ2) is 6.65. The van der Waals surface area contributed by atoms with Crippen molar-refractivity contribution in [2.45, 2.75) is 23.8 Å². The first-order valence-corrected chi connectivity index (χ1v) is 7.41. The molecule has 0 radical (unpaired) electrons. The smallest absolute Gasteiger partial charge is 0.243 e. The fraction of sp³-hybridized carbons (Fsp3) is 0.500. The highest BCUT2D eigenvalue weighted by Crippen LogP contribution is 2.21. The summed E-state index contributed by atoms with van der Waals surface area (Å²) in [5, 5.41) is 3.14. The van der Waals surface area contributed by atoms with Crippen LogP contribution in [0, 0.1) is 5.82 Å². The predicted molar refractivity (Wildman–Crippen MR) is 74.5 cm³/mol. The van der Waals surface area contributed by atoms with Crippen LogP contribution in [0.4, 0.5) is 4.39 Å². The first kappa shape index (κ1) is 16.4. The van der Waals surface area contributed by atoms with Crippen LogP contribution in [0.5, 0.6) is 0 Å². The Morgan fingerprint density at radius 1 is 1.32 bits per heavy atom. The lowest BCUT2D eigenvalue weighted by molar-refractivity contribution is 0.298. The van der Waals surface area contributed by atoms with Crippen molar-refractivity contribution in [1.82, 2.24) is 9.62 Å². The molecule has 1 aromatic rings. The largest absolute Gasteiger partial charge is 0.317 e. The van der Waals surface area contributed by atoms with Crippen molar-refractivity contribution in [1.29, 1.82) is 0 Å². The van der Waals surface area contributed by atoms with E-state index in [1.807, 2.05) is 7.05 Å². The van der Waals surface area contributed by atoms with Crippen molar-refractivity contribution in [2.75, 3.05) is 20.1 Å². The van der Waals surface area contributed by atoms with Crippen LogP contribution in [0.2, 0.25) is 0 Å². The van der Waals surface area contributed by atoms with E-state index in [1.165, 1.54) is 22.5 Å². The lowest BCUT2D eigenvalue weighted by Crippen LogP contribution is -2.43. The third kappa shape index (κ3) is 3.66. The molecule has 0 saturated carbocycles. The number of hydrogen-bond donors (Lipinski definition) is 1. The van der Waals surface area contributed by atoms with Gasteiger partial charge in [-0.05, 0) is 38.1 Å². The van der Waals surface area contributed by atoms with Crippen LogP contribution in [0.3, 0.4) is 0 Å². The van der Waals surface area contributed by atoms with E-state index in [-0.39, 0.29) is 17.3 Å². The summed E-state index contributed by atoms with van der Waals surface area (Å²) in [6.07, 6.45) is 1.57. The minimum atomic E-state index is -3.55. The Hall–Kier alpha value is -0.690. The van der Waals surface area contributed by atoms with E-state index in [9.17, 15) is 12.8 Å². The van der Waals surface area contributed by atoms with E-state index < -0.39 is 15.8 Å². The van der Waals surface area contributed by atoms with E-state index >= 15 is 0 Å². The number of benzene rings is 1. The highest BCUT2D eigenvalue weighted by Gasteiger charge is 2.28. The second-order valence-corrected chi connectivity index (χ2v) is 6.36. The Kier molecular flexibility index (Phi) is 5.73. The highest BCUT2D eigenvalue weighted by molar-refractivity contribution is 7.89. The molecular weight excluding hydrogens is 291 g/mol. The third-order valence-electron chi connectivity index (χ3n) is 3.30. The monoisotopic (exact) mass is 308 g/mol. The molecule has 1 aromatic carbocycles. The molecule has 0 spiro atoms. The van der Waals surface area contributed by atoms with Gasteiger partial charge in [-0.3, -0.25) is 0 Å². The maximum Gasteiger partial charge on any atom is 0.243 e. The molecule has 1 aliphatic heterocycles. The van der Waals surface area contributed by atoms with Gasteiger partial charge in [0.25, 0.3) is 0 Å². The highest BCUT2D eigenvalue weighted by atomic mass is 35.5. The fourth-order valence-electron chi connectivity index (χ4n) is 2.16. The van der Waals surface area contributed by atoms with Crippen molar-refractivity contribution in [3.8, 4) is 0 Å². The molecule has 1 aliphatic rings. The molecule has 0 aliphatic carbocycles. The van der Waals surface area contributed by atoms with E-state index in [2.05, 4.69) is 5.32 Å². The SMILES string of the molecule is CNC1CCN(S(=O)(=O)c2cccc(F)c2)CC1.Cl. The maximum absolute atomic E-state index is 13.1. The normalized spacial score (nSPS) is 18.0. The van der Waals surface area contributed by atoms with Crippen LogP contribution in [-0.4, -0.2) is 38.9 Å². The van der Waals surface area contributed by atoms with E-state index in [1.54, 1.807) is 0 Å². The van der Waals surface area contributed by atoms with Crippen molar-refractivity contribution in [2.24, 2.45) is 0 Å².